The molecule has 2 rings (SSSR count). The van der Waals surface area contributed by atoms with Gasteiger partial charge in [0.1, 0.15) is 0 Å². The maximum Gasteiger partial charge on any atom is 0.377 e. The summed E-state index contributed by atoms with van der Waals surface area (Å²) >= 11 is 6.63. The number of halogens is 1. The lowest BCUT2D eigenvalue weighted by atomic mass is 10.0. The lowest BCUT2D eigenvalue weighted by molar-refractivity contribution is 0.207. The largest absolute Gasteiger partial charge is 0.383 e. The molecule has 4 heteroatoms. The molecule has 0 radical (unpaired) electrons. The first-order chi connectivity index (χ1) is 8.08. The highest BCUT2D eigenvalue weighted by Crippen LogP contribution is 2.41. The van der Waals surface area contributed by atoms with Crippen molar-refractivity contribution >= 4 is 18.9 Å². The zero-order chi connectivity index (χ0) is 12.5. The number of likely N-dealkylation sites (N-methyl/N-ethyl adjacent to an activating group) is 1. The van der Waals surface area contributed by atoms with E-state index in [2.05, 4.69) is 37.2 Å². The van der Waals surface area contributed by atoms with Crippen LogP contribution in [0.2, 0.25) is 6.04 Å². The van der Waals surface area contributed by atoms with Crippen LogP contribution in [0.25, 0.3) is 0 Å². The lowest BCUT2D eigenvalue weighted by Crippen LogP contribution is -2.44. The van der Waals surface area contributed by atoms with Gasteiger partial charge in [-0.25, -0.2) is 0 Å². The van der Waals surface area contributed by atoms with Crippen LogP contribution in [-0.4, -0.2) is 25.4 Å². The molecule has 1 heterocycles. The first-order valence-electron chi connectivity index (χ1n) is 5.84. The van der Waals surface area contributed by atoms with Crippen molar-refractivity contribution in [3.05, 3.63) is 48.6 Å². The minimum atomic E-state index is -2.31. The van der Waals surface area contributed by atoms with Gasteiger partial charge >= 0.3 is 7.79 Å². The summed E-state index contributed by atoms with van der Waals surface area (Å²) in [5.74, 6) is 0. The highest BCUT2D eigenvalue weighted by Gasteiger charge is 2.51. The van der Waals surface area contributed by atoms with Crippen LogP contribution in [0.5, 0.6) is 0 Å². The van der Waals surface area contributed by atoms with Crippen LogP contribution in [0.4, 0.5) is 0 Å². The third-order valence-corrected chi connectivity index (χ3v) is 7.81. The molecule has 0 aliphatic carbocycles. The Bertz CT molecular complexity index is 400. The van der Waals surface area contributed by atoms with Crippen LogP contribution in [0.3, 0.4) is 0 Å². The second-order valence-corrected chi connectivity index (χ2v) is 8.98. The maximum atomic E-state index is 6.63. The van der Waals surface area contributed by atoms with Gasteiger partial charge in [-0.2, -0.15) is 0 Å². The zero-order valence-corrected chi connectivity index (χ0v) is 12.0. The highest BCUT2D eigenvalue weighted by atomic mass is 35.6. The Hall–Kier alpha value is -0.613. The summed E-state index contributed by atoms with van der Waals surface area (Å²) in [5.41, 5.74) is 1.20. The summed E-state index contributed by atoms with van der Waals surface area (Å²) in [5, 5.41) is 0. The van der Waals surface area contributed by atoms with E-state index in [0.717, 1.165) is 6.04 Å². The second kappa shape index (κ2) is 4.94. The minimum absolute atomic E-state index is 0.0744. The molecule has 17 heavy (non-hydrogen) atoms. The van der Waals surface area contributed by atoms with Crippen molar-refractivity contribution in [1.29, 1.82) is 0 Å². The van der Waals surface area contributed by atoms with Gasteiger partial charge in [0.2, 0.25) is 0 Å². The van der Waals surface area contributed by atoms with Gasteiger partial charge in [0.15, 0.2) is 0 Å². The standard InChI is InChI=1S/C13H18ClNOSi/c1-4-10-17(14)15(3)11(2)13(16-17)12-8-6-5-7-9-12/h4-9,11,13H,1,10H2,2-3H3/t11-,13?,17?/m0/s1. The molecule has 1 aromatic carbocycles. The van der Waals surface area contributed by atoms with E-state index in [4.69, 9.17) is 15.5 Å². The molecule has 0 amide bonds. The van der Waals surface area contributed by atoms with E-state index in [9.17, 15) is 0 Å². The van der Waals surface area contributed by atoms with Gasteiger partial charge < -0.3 is 4.43 Å². The number of benzene rings is 1. The summed E-state index contributed by atoms with van der Waals surface area (Å²) < 4.78 is 8.36. The van der Waals surface area contributed by atoms with Crippen LogP contribution in [-0.2, 0) is 4.43 Å². The van der Waals surface area contributed by atoms with Crippen LogP contribution < -0.4 is 0 Å². The van der Waals surface area contributed by atoms with E-state index in [1.807, 2.05) is 24.3 Å². The number of allylic oxidation sites excluding steroid dienone is 1. The molecule has 0 aromatic heterocycles. The minimum Gasteiger partial charge on any atom is -0.383 e. The molecule has 1 aromatic rings. The van der Waals surface area contributed by atoms with Crippen molar-refractivity contribution in [2.45, 2.75) is 25.1 Å². The summed E-state index contributed by atoms with van der Waals surface area (Å²) in [4.78, 5) is 0. The Morgan fingerprint density at radius 2 is 2.12 bits per heavy atom. The predicted octanol–water partition coefficient (Wildman–Crippen LogP) is 3.44. The number of rotatable bonds is 3. The van der Waals surface area contributed by atoms with Crippen LogP contribution in [0.1, 0.15) is 18.6 Å². The molecule has 0 saturated carbocycles. The van der Waals surface area contributed by atoms with E-state index in [-0.39, 0.29) is 6.10 Å². The second-order valence-electron chi connectivity index (χ2n) is 4.48. The quantitative estimate of drug-likeness (QED) is 0.473. The Kier molecular flexibility index (Phi) is 3.73. The van der Waals surface area contributed by atoms with Gasteiger partial charge in [-0.05, 0) is 19.5 Å². The monoisotopic (exact) mass is 267 g/mol. The van der Waals surface area contributed by atoms with Crippen molar-refractivity contribution in [2.24, 2.45) is 0 Å². The molecular weight excluding hydrogens is 250 g/mol. The van der Waals surface area contributed by atoms with Crippen LogP contribution in [0, 0.1) is 0 Å². The fraction of sp³-hybridized carbons (Fsp3) is 0.385. The van der Waals surface area contributed by atoms with E-state index in [1.54, 1.807) is 0 Å². The predicted molar refractivity (Wildman–Crippen MR) is 74.1 cm³/mol. The van der Waals surface area contributed by atoms with Gasteiger partial charge in [-0.1, -0.05) is 36.4 Å². The molecular formula is C13H18ClNOSi. The zero-order valence-electron chi connectivity index (χ0n) is 10.3. The smallest absolute Gasteiger partial charge is 0.377 e. The van der Waals surface area contributed by atoms with Crippen molar-refractivity contribution in [3.63, 3.8) is 0 Å². The maximum absolute atomic E-state index is 6.63. The van der Waals surface area contributed by atoms with Crippen molar-refractivity contribution in [2.75, 3.05) is 7.05 Å². The van der Waals surface area contributed by atoms with Gasteiger partial charge in [-0.15, -0.1) is 17.7 Å². The Labute approximate surface area is 109 Å². The molecule has 1 aliphatic rings. The molecule has 2 nitrogen and oxygen atoms in total. The topological polar surface area (TPSA) is 12.5 Å². The molecule has 3 atom stereocenters. The highest BCUT2D eigenvalue weighted by molar-refractivity contribution is 7.15. The van der Waals surface area contributed by atoms with Crippen molar-refractivity contribution < 1.29 is 4.43 Å². The van der Waals surface area contributed by atoms with Crippen molar-refractivity contribution in [1.82, 2.24) is 4.57 Å². The Balaban J connectivity index is 2.25. The third kappa shape index (κ3) is 2.33. The molecule has 2 unspecified atom stereocenters. The van der Waals surface area contributed by atoms with Gasteiger partial charge in [0, 0.05) is 12.1 Å². The average molecular weight is 268 g/mol. The van der Waals surface area contributed by atoms with Gasteiger partial charge in [0.25, 0.3) is 0 Å². The first-order valence-corrected chi connectivity index (χ1v) is 8.91. The number of hydrogen-bond acceptors (Lipinski definition) is 2. The van der Waals surface area contributed by atoms with Gasteiger partial charge in [0.05, 0.1) is 6.10 Å². The molecule has 92 valence electrons. The summed E-state index contributed by atoms with van der Waals surface area (Å²) in [6.07, 6.45) is 1.93. The summed E-state index contributed by atoms with van der Waals surface area (Å²) in [6.45, 7) is 5.93. The number of nitrogens with zero attached hydrogens (tertiary/aromatic N) is 1. The molecule has 0 N–H and O–H groups in total. The fourth-order valence-corrected chi connectivity index (χ4v) is 5.69. The SMILES string of the molecule is C=CC[Si]1(Cl)OC(c2ccccc2)[C@H](C)N1C. The Morgan fingerprint density at radius 1 is 1.47 bits per heavy atom. The van der Waals surface area contributed by atoms with E-state index >= 15 is 0 Å². The van der Waals surface area contributed by atoms with Crippen molar-refractivity contribution in [3.8, 4) is 0 Å². The number of hydrogen-bond donors (Lipinski definition) is 0. The summed E-state index contributed by atoms with van der Waals surface area (Å²) in [6, 6.07) is 11.3. The lowest BCUT2D eigenvalue weighted by Gasteiger charge is -2.24. The molecule has 0 spiro atoms. The van der Waals surface area contributed by atoms with E-state index in [0.29, 0.717) is 6.04 Å². The normalized spacial score (nSPS) is 33.8. The molecule has 1 aliphatic heterocycles. The Morgan fingerprint density at radius 3 is 2.71 bits per heavy atom. The van der Waals surface area contributed by atoms with Crippen LogP contribution in [0.15, 0.2) is 43.0 Å². The first kappa shape index (κ1) is 12.8. The molecule has 0 bridgehead atoms. The molecule has 1 fully saturated rings. The summed E-state index contributed by atoms with van der Waals surface area (Å²) in [7, 11) is -0.259. The third-order valence-electron chi connectivity index (χ3n) is 3.41. The fourth-order valence-electron chi connectivity index (χ4n) is 2.24. The van der Waals surface area contributed by atoms with Gasteiger partial charge in [-0.3, -0.25) is 4.57 Å². The van der Waals surface area contributed by atoms with E-state index < -0.39 is 7.79 Å². The van der Waals surface area contributed by atoms with E-state index in [1.165, 1.54) is 5.56 Å². The molecule has 1 saturated heterocycles. The average Bonchev–Trinajstić information content (AvgIpc) is 2.56. The van der Waals surface area contributed by atoms with Crippen LogP contribution >= 0.6 is 11.1 Å².